The Morgan fingerprint density at radius 1 is 0.607 bits per heavy atom. The summed E-state index contributed by atoms with van der Waals surface area (Å²) < 4.78 is 44.4. The number of aryl methyl sites for hydroxylation is 1. The second-order valence-electron chi connectivity index (χ2n) is 19.1. The predicted molar refractivity (Wildman–Crippen MR) is 258 cm³/mol. The molecule has 0 radical (unpaired) electrons. The van der Waals surface area contributed by atoms with Gasteiger partial charge >= 0.3 is 0 Å². The zero-order valence-electron chi connectivity index (χ0n) is 42.3. The SMILES string of the molecule is [2H]c1c([2H])c([2H])c(-c2ccnc(-c3cc(-c4cccc5c4nc(-c4cc(C(C)C)cc(C(C)C)c4O)n5-c4ccc(C)cc4-c4ccc(C(C)(C)C)cc4)cc(C(C)(C)C)c3)c2)c([2H])c1[2H]. The average molecular weight is 807 g/mol. The number of pyridine rings is 1. The van der Waals surface area contributed by atoms with Crippen molar-refractivity contribution in [3.05, 3.63) is 167 Å². The normalized spacial score (nSPS) is 13.4. The van der Waals surface area contributed by atoms with Gasteiger partial charge in [-0.15, -0.1) is 0 Å². The fourth-order valence-electron chi connectivity index (χ4n) is 8.11. The highest BCUT2D eigenvalue weighted by Gasteiger charge is 2.26. The summed E-state index contributed by atoms with van der Waals surface area (Å²) in [5, 5.41) is 12.3. The molecule has 0 spiro atoms. The van der Waals surface area contributed by atoms with Gasteiger partial charge in [0.05, 0.1) is 34.8 Å². The minimum Gasteiger partial charge on any atom is -0.507 e. The summed E-state index contributed by atoms with van der Waals surface area (Å²) in [4.78, 5) is 10.4. The highest BCUT2D eigenvalue weighted by molar-refractivity contribution is 5.98. The topological polar surface area (TPSA) is 50.9 Å². The Morgan fingerprint density at radius 3 is 1.98 bits per heavy atom. The largest absolute Gasteiger partial charge is 0.507 e. The molecular weight excluding hydrogens is 743 g/mol. The van der Waals surface area contributed by atoms with Crippen molar-refractivity contribution >= 4 is 11.0 Å². The second kappa shape index (κ2) is 16.0. The van der Waals surface area contributed by atoms with E-state index in [2.05, 4.69) is 172 Å². The fourth-order valence-corrected chi connectivity index (χ4v) is 8.11. The predicted octanol–water partition coefficient (Wildman–Crippen LogP) is 15.6. The van der Waals surface area contributed by atoms with Gasteiger partial charge in [0.25, 0.3) is 0 Å². The molecule has 0 atom stereocenters. The molecule has 0 aliphatic carbocycles. The number of phenolic OH excluding ortho intramolecular Hbond substituents is 1. The van der Waals surface area contributed by atoms with Crippen molar-refractivity contribution in [3.8, 4) is 67.5 Å². The van der Waals surface area contributed by atoms with Crippen LogP contribution in [0.1, 0.15) is 116 Å². The smallest absolute Gasteiger partial charge is 0.149 e. The molecule has 1 N–H and O–H groups in total. The van der Waals surface area contributed by atoms with Crippen LogP contribution in [-0.4, -0.2) is 19.6 Å². The lowest BCUT2D eigenvalue weighted by Gasteiger charge is -2.22. The van der Waals surface area contributed by atoms with E-state index in [0.717, 1.165) is 66.8 Å². The number of hydrogen-bond acceptors (Lipinski definition) is 3. The number of benzene rings is 6. The molecule has 6 aromatic carbocycles. The van der Waals surface area contributed by atoms with Gasteiger partial charge in [-0.1, -0.05) is 160 Å². The Bertz CT molecular complexity index is 3160. The Kier molecular flexibility index (Phi) is 9.29. The standard InChI is InChI=1S/C57H59N3O/c1-35(2)41-32-47(36(3)4)54(61)49(33-41)55-59-53-46(42-29-43(31-45(30-42)57(9,10)11)50-34-40(26-27-58-50)38-16-13-12-14-17-38)18-15-19-52(53)60(55)51-25-20-37(5)28-48(51)39-21-23-44(24-22-39)56(6,7)8/h12-36,61H,1-11H3/i12D,13D,14D,16D,17D. The molecule has 308 valence electrons. The summed E-state index contributed by atoms with van der Waals surface area (Å²) in [6.07, 6.45) is 1.63. The van der Waals surface area contributed by atoms with Gasteiger partial charge < -0.3 is 5.11 Å². The van der Waals surface area contributed by atoms with Crippen molar-refractivity contribution in [1.82, 2.24) is 14.5 Å². The third-order valence-electron chi connectivity index (χ3n) is 11.8. The van der Waals surface area contributed by atoms with Crippen molar-refractivity contribution in [2.24, 2.45) is 0 Å². The van der Waals surface area contributed by atoms with E-state index in [9.17, 15) is 5.11 Å². The molecule has 0 aliphatic heterocycles. The fraction of sp³-hybridized carbons (Fsp3) is 0.263. The first kappa shape index (κ1) is 35.5. The Morgan fingerprint density at radius 2 is 1.31 bits per heavy atom. The Hall–Kier alpha value is -6.26. The van der Waals surface area contributed by atoms with Crippen molar-refractivity contribution in [1.29, 1.82) is 0 Å². The van der Waals surface area contributed by atoms with Crippen LogP contribution in [0.4, 0.5) is 0 Å². The van der Waals surface area contributed by atoms with Crippen molar-refractivity contribution < 1.29 is 12.0 Å². The number of aromatic hydroxyl groups is 1. The first-order valence-electron chi connectivity index (χ1n) is 23.8. The van der Waals surface area contributed by atoms with Crippen molar-refractivity contribution in [2.45, 2.75) is 98.8 Å². The van der Waals surface area contributed by atoms with Gasteiger partial charge in [-0.2, -0.15) is 0 Å². The number of hydrogen-bond donors (Lipinski definition) is 1. The summed E-state index contributed by atoms with van der Waals surface area (Å²) in [6, 6.07) is 34.1. The number of rotatable bonds is 8. The number of nitrogens with zero attached hydrogens (tertiary/aromatic N) is 3. The maximum Gasteiger partial charge on any atom is 0.149 e. The third-order valence-corrected chi connectivity index (χ3v) is 11.8. The van der Waals surface area contributed by atoms with Gasteiger partial charge in [0.1, 0.15) is 11.6 Å². The summed E-state index contributed by atoms with van der Waals surface area (Å²) in [5.41, 5.74) is 14.4. The van der Waals surface area contributed by atoms with Crippen LogP contribution in [0.2, 0.25) is 0 Å². The highest BCUT2D eigenvalue weighted by Crippen LogP contribution is 2.44. The monoisotopic (exact) mass is 806 g/mol. The first-order chi connectivity index (χ1) is 31.0. The molecule has 0 unspecified atom stereocenters. The molecule has 0 bridgehead atoms. The Balaban J connectivity index is 1.42. The number of phenols is 1. The van der Waals surface area contributed by atoms with E-state index in [1.165, 1.54) is 5.56 Å². The average Bonchev–Trinajstić information content (AvgIpc) is 3.66. The zero-order valence-corrected chi connectivity index (χ0v) is 37.3. The number of fused-ring (bicyclic) bond motifs is 1. The van der Waals surface area contributed by atoms with Gasteiger partial charge in [0, 0.05) is 22.9 Å². The zero-order chi connectivity index (χ0) is 47.7. The summed E-state index contributed by atoms with van der Waals surface area (Å²) >= 11 is 0. The van der Waals surface area contributed by atoms with E-state index in [4.69, 9.17) is 16.8 Å². The van der Waals surface area contributed by atoms with Crippen LogP contribution in [-0.2, 0) is 10.8 Å². The lowest BCUT2D eigenvalue weighted by molar-refractivity contribution is 0.466. The molecule has 0 fully saturated rings. The van der Waals surface area contributed by atoms with E-state index in [1.807, 2.05) is 0 Å². The number of para-hydroxylation sites is 1. The van der Waals surface area contributed by atoms with E-state index in [0.29, 0.717) is 22.6 Å². The second-order valence-corrected chi connectivity index (χ2v) is 19.1. The van der Waals surface area contributed by atoms with Crippen LogP contribution in [0.25, 0.3) is 72.7 Å². The van der Waals surface area contributed by atoms with Gasteiger partial charge in [-0.3, -0.25) is 9.55 Å². The Labute approximate surface area is 370 Å². The number of imidazole rings is 1. The lowest BCUT2D eigenvalue weighted by atomic mass is 9.83. The van der Waals surface area contributed by atoms with Crippen LogP contribution < -0.4 is 0 Å². The third kappa shape index (κ3) is 8.16. The van der Waals surface area contributed by atoms with Crippen LogP contribution in [0.3, 0.4) is 0 Å². The molecule has 0 saturated heterocycles. The molecule has 0 saturated carbocycles. The molecule has 2 heterocycles. The van der Waals surface area contributed by atoms with Gasteiger partial charge in [-0.25, -0.2) is 4.98 Å². The number of aromatic nitrogens is 3. The lowest BCUT2D eigenvalue weighted by Crippen LogP contribution is -2.11. The molecule has 0 aliphatic rings. The van der Waals surface area contributed by atoms with E-state index in [1.54, 1.807) is 18.3 Å². The minimum atomic E-state index is -0.429. The maximum atomic E-state index is 12.3. The van der Waals surface area contributed by atoms with E-state index >= 15 is 0 Å². The quantitative estimate of drug-likeness (QED) is 0.166. The van der Waals surface area contributed by atoms with Crippen LogP contribution >= 0.6 is 0 Å². The molecule has 4 nitrogen and oxygen atoms in total. The molecule has 2 aromatic heterocycles. The maximum absolute atomic E-state index is 12.3. The summed E-state index contributed by atoms with van der Waals surface area (Å²) in [7, 11) is 0. The molecule has 61 heavy (non-hydrogen) atoms. The molecular formula is C57H59N3O. The van der Waals surface area contributed by atoms with Crippen LogP contribution in [0.5, 0.6) is 5.75 Å². The molecule has 0 amide bonds. The van der Waals surface area contributed by atoms with Gasteiger partial charge in [-0.05, 0) is 123 Å². The summed E-state index contributed by atoms with van der Waals surface area (Å²) in [5.74, 6) is 1.13. The summed E-state index contributed by atoms with van der Waals surface area (Å²) in [6.45, 7) is 23.9. The van der Waals surface area contributed by atoms with Gasteiger partial charge in [0.15, 0.2) is 0 Å². The van der Waals surface area contributed by atoms with E-state index < -0.39 is 6.04 Å². The van der Waals surface area contributed by atoms with Crippen LogP contribution in [0, 0.1) is 6.92 Å². The highest BCUT2D eigenvalue weighted by atomic mass is 16.3. The van der Waals surface area contributed by atoms with Crippen molar-refractivity contribution in [3.63, 3.8) is 0 Å². The molecule has 8 rings (SSSR count). The molecule has 8 aromatic rings. The van der Waals surface area contributed by atoms with E-state index in [-0.39, 0.29) is 58.1 Å². The van der Waals surface area contributed by atoms with Crippen LogP contribution in [0.15, 0.2) is 140 Å². The molecule has 4 heteroatoms. The van der Waals surface area contributed by atoms with Gasteiger partial charge in [0.2, 0.25) is 0 Å². The van der Waals surface area contributed by atoms with Crippen molar-refractivity contribution in [2.75, 3.05) is 0 Å². The minimum absolute atomic E-state index is 0.00146. The first-order valence-corrected chi connectivity index (χ1v) is 21.3.